The number of carbonyl (C=O) groups excluding carboxylic acids is 2. The first kappa shape index (κ1) is 29.4. The fourth-order valence-corrected chi connectivity index (χ4v) is 6.53. The number of amides is 1. The number of ketones is 1. The maximum Gasteiger partial charge on any atom is 0.231 e. The van der Waals surface area contributed by atoms with Crippen molar-refractivity contribution in [3.63, 3.8) is 0 Å². The molecule has 216 valence electrons. The fourth-order valence-electron chi connectivity index (χ4n) is 6.30. The van der Waals surface area contributed by atoms with Crippen molar-refractivity contribution < 1.29 is 18.4 Å². The highest BCUT2D eigenvalue weighted by Crippen LogP contribution is 2.55. The van der Waals surface area contributed by atoms with Gasteiger partial charge in [-0.25, -0.2) is 8.78 Å². The van der Waals surface area contributed by atoms with Gasteiger partial charge in [-0.15, -0.1) is 0 Å². The van der Waals surface area contributed by atoms with E-state index in [1.807, 2.05) is 42.5 Å². The number of hydrogen-bond donors (Lipinski definition) is 2. The molecule has 2 atom stereocenters. The van der Waals surface area contributed by atoms with Crippen LogP contribution in [0.4, 0.5) is 8.78 Å². The molecule has 3 aromatic carbocycles. The molecular formula is C33H36ClF2N3O2. The van der Waals surface area contributed by atoms with Gasteiger partial charge >= 0.3 is 0 Å². The van der Waals surface area contributed by atoms with E-state index in [9.17, 15) is 18.4 Å². The van der Waals surface area contributed by atoms with Crippen LogP contribution in [0.5, 0.6) is 0 Å². The van der Waals surface area contributed by atoms with Gasteiger partial charge in [0.25, 0.3) is 0 Å². The Kier molecular flexibility index (Phi) is 8.88. The second kappa shape index (κ2) is 12.4. The second-order valence-corrected chi connectivity index (χ2v) is 11.8. The van der Waals surface area contributed by atoms with Gasteiger partial charge in [-0.05, 0) is 73.4 Å². The third-order valence-electron chi connectivity index (χ3n) is 8.77. The summed E-state index contributed by atoms with van der Waals surface area (Å²) in [6.45, 7) is 4.55. The molecule has 1 amide bonds. The summed E-state index contributed by atoms with van der Waals surface area (Å²) >= 11 is 6.28. The van der Waals surface area contributed by atoms with E-state index in [0.29, 0.717) is 43.1 Å². The summed E-state index contributed by atoms with van der Waals surface area (Å²) in [6, 6.07) is 21.6. The normalized spacial score (nSPS) is 21.8. The lowest BCUT2D eigenvalue weighted by molar-refractivity contribution is -0.124. The molecule has 3 aromatic rings. The number of likely N-dealkylation sites (tertiary alicyclic amines) is 1. The Morgan fingerprint density at radius 3 is 2.34 bits per heavy atom. The van der Waals surface area contributed by atoms with Crippen LogP contribution in [-0.4, -0.2) is 49.3 Å². The first-order chi connectivity index (χ1) is 19.7. The summed E-state index contributed by atoms with van der Waals surface area (Å²) in [5, 5.41) is 7.22. The van der Waals surface area contributed by atoms with Crippen LogP contribution in [0.3, 0.4) is 0 Å². The summed E-state index contributed by atoms with van der Waals surface area (Å²) in [5.74, 6) is -1.97. The van der Waals surface area contributed by atoms with Crippen molar-refractivity contribution in [2.75, 3.05) is 32.7 Å². The first-order valence-corrected chi connectivity index (χ1v) is 14.6. The molecule has 2 fully saturated rings. The molecule has 2 N–H and O–H groups in total. The zero-order valence-electron chi connectivity index (χ0n) is 23.3. The highest BCUT2D eigenvalue weighted by molar-refractivity contribution is 6.31. The number of carbonyl (C=O) groups is 2. The predicted octanol–water partition coefficient (Wildman–Crippen LogP) is 5.40. The van der Waals surface area contributed by atoms with Crippen molar-refractivity contribution in [3.05, 3.63) is 106 Å². The van der Waals surface area contributed by atoms with Crippen LogP contribution in [0.1, 0.15) is 42.9 Å². The highest BCUT2D eigenvalue weighted by atomic mass is 35.5. The number of rotatable bonds is 11. The van der Waals surface area contributed by atoms with E-state index in [-0.39, 0.29) is 23.1 Å². The topological polar surface area (TPSA) is 61.4 Å². The molecule has 5 rings (SSSR count). The van der Waals surface area contributed by atoms with Gasteiger partial charge in [-0.2, -0.15) is 0 Å². The van der Waals surface area contributed by atoms with Crippen molar-refractivity contribution in [2.45, 2.75) is 43.6 Å². The van der Waals surface area contributed by atoms with Crippen molar-refractivity contribution in [1.29, 1.82) is 0 Å². The maximum absolute atomic E-state index is 14.3. The average Bonchev–Trinajstić information content (AvgIpc) is 3.70. The number of hydrogen-bond acceptors (Lipinski definition) is 4. The Hall–Kier alpha value is -3.13. The number of piperidine rings is 1. The standard InChI is InChI=1S/C33H36ClF2N3O2/c1-23(40)21-38-32(25-8-3-2-4-9-25)14-17-39(18-15-32)22-27-20-33(27,26-11-12-29(35)30(36)19-26)31(41)37-16-13-24-7-5-6-10-28(24)34/h2-12,19,27,38H,13-18,20-22H2,1H3,(H,37,41)/t27-,33+/m0/s1. The maximum atomic E-state index is 14.3. The number of nitrogens with one attached hydrogen (secondary N) is 2. The van der Waals surface area contributed by atoms with Gasteiger partial charge in [-0.1, -0.05) is 66.2 Å². The number of Topliss-reactive ketones (excluding diaryl/α,β-unsaturated/α-hetero) is 1. The lowest BCUT2D eigenvalue weighted by Crippen LogP contribution is -2.52. The molecule has 1 saturated heterocycles. The summed E-state index contributed by atoms with van der Waals surface area (Å²) in [7, 11) is 0. The van der Waals surface area contributed by atoms with Crippen molar-refractivity contribution in [3.8, 4) is 0 Å². The largest absolute Gasteiger partial charge is 0.355 e. The lowest BCUT2D eigenvalue weighted by Gasteiger charge is -2.43. The zero-order valence-corrected chi connectivity index (χ0v) is 24.0. The average molecular weight is 580 g/mol. The molecule has 1 heterocycles. The van der Waals surface area contributed by atoms with E-state index < -0.39 is 17.0 Å². The molecule has 1 saturated carbocycles. The molecule has 1 aliphatic heterocycles. The first-order valence-electron chi connectivity index (χ1n) is 14.2. The third-order valence-corrected chi connectivity index (χ3v) is 9.14. The summed E-state index contributed by atoms with van der Waals surface area (Å²) in [5.41, 5.74) is 1.42. The third kappa shape index (κ3) is 6.37. The van der Waals surface area contributed by atoms with Crippen molar-refractivity contribution >= 4 is 23.3 Å². The van der Waals surface area contributed by atoms with Crippen LogP contribution in [0, 0.1) is 17.6 Å². The summed E-state index contributed by atoms with van der Waals surface area (Å²) in [4.78, 5) is 27.8. The molecular weight excluding hydrogens is 544 g/mol. The fraction of sp³-hybridized carbons (Fsp3) is 0.394. The van der Waals surface area contributed by atoms with Crippen LogP contribution >= 0.6 is 11.6 Å². The minimum absolute atomic E-state index is 0.0259. The molecule has 0 radical (unpaired) electrons. The van der Waals surface area contributed by atoms with Gasteiger partial charge in [0.1, 0.15) is 5.78 Å². The zero-order chi connectivity index (χ0) is 29.0. The van der Waals surface area contributed by atoms with Crippen LogP contribution in [-0.2, 0) is 27.0 Å². The van der Waals surface area contributed by atoms with Gasteiger partial charge in [-0.3, -0.25) is 9.59 Å². The Balaban J connectivity index is 1.28. The van der Waals surface area contributed by atoms with Crippen LogP contribution < -0.4 is 10.6 Å². The van der Waals surface area contributed by atoms with Gasteiger partial charge < -0.3 is 15.5 Å². The summed E-state index contributed by atoms with van der Waals surface area (Å²) < 4.78 is 28.1. The van der Waals surface area contributed by atoms with Gasteiger partial charge in [0.2, 0.25) is 5.91 Å². The number of nitrogens with zero attached hydrogens (tertiary/aromatic N) is 1. The second-order valence-electron chi connectivity index (χ2n) is 11.4. The van der Waals surface area contributed by atoms with E-state index >= 15 is 0 Å². The van der Waals surface area contributed by atoms with Crippen LogP contribution in [0.2, 0.25) is 5.02 Å². The number of halogens is 3. The van der Waals surface area contributed by atoms with E-state index in [4.69, 9.17) is 11.6 Å². The predicted molar refractivity (Wildman–Crippen MR) is 157 cm³/mol. The number of benzene rings is 3. The quantitative estimate of drug-likeness (QED) is 0.319. The molecule has 0 unspecified atom stereocenters. The van der Waals surface area contributed by atoms with E-state index in [1.165, 1.54) is 17.7 Å². The molecule has 0 spiro atoms. The van der Waals surface area contributed by atoms with E-state index in [2.05, 4.69) is 27.7 Å². The Labute approximate surface area is 245 Å². The molecule has 5 nitrogen and oxygen atoms in total. The van der Waals surface area contributed by atoms with Gasteiger partial charge in [0.05, 0.1) is 12.0 Å². The summed E-state index contributed by atoms with van der Waals surface area (Å²) in [6.07, 6.45) is 2.78. The van der Waals surface area contributed by atoms with Crippen LogP contribution in [0.15, 0.2) is 72.8 Å². The molecule has 2 aliphatic rings. The molecule has 8 heteroatoms. The molecule has 0 aromatic heterocycles. The molecule has 0 bridgehead atoms. The Morgan fingerprint density at radius 2 is 1.66 bits per heavy atom. The monoisotopic (exact) mass is 579 g/mol. The van der Waals surface area contributed by atoms with Crippen molar-refractivity contribution in [1.82, 2.24) is 15.5 Å². The van der Waals surface area contributed by atoms with Crippen molar-refractivity contribution in [2.24, 2.45) is 5.92 Å². The van der Waals surface area contributed by atoms with Gasteiger partial charge in [0, 0.05) is 36.7 Å². The molecule has 1 aliphatic carbocycles. The highest BCUT2D eigenvalue weighted by Gasteiger charge is 2.61. The van der Waals surface area contributed by atoms with E-state index in [1.54, 1.807) is 6.92 Å². The SMILES string of the molecule is CC(=O)CNC1(c2ccccc2)CCN(C[C@@H]2C[C@@]2(C(=O)NCCc2ccccc2Cl)c2ccc(F)c(F)c2)CC1. The van der Waals surface area contributed by atoms with Gasteiger partial charge in [0.15, 0.2) is 11.6 Å². The Bertz CT molecular complexity index is 1390. The minimum atomic E-state index is -0.946. The Morgan fingerprint density at radius 1 is 0.951 bits per heavy atom. The smallest absolute Gasteiger partial charge is 0.231 e. The van der Waals surface area contributed by atoms with Crippen LogP contribution in [0.25, 0.3) is 0 Å². The van der Waals surface area contributed by atoms with E-state index in [0.717, 1.165) is 37.6 Å². The lowest BCUT2D eigenvalue weighted by atomic mass is 9.80. The molecule has 41 heavy (non-hydrogen) atoms. The minimum Gasteiger partial charge on any atom is -0.355 e.